The van der Waals surface area contributed by atoms with Gasteiger partial charge in [-0.2, -0.15) is 4.31 Å². The van der Waals surface area contributed by atoms with Gasteiger partial charge < -0.3 is 10.1 Å². The number of aryl methyl sites for hydroxylation is 1. The van der Waals surface area contributed by atoms with Crippen molar-refractivity contribution < 1.29 is 18.3 Å². The zero-order valence-electron chi connectivity index (χ0n) is 12.5. The highest BCUT2D eigenvalue weighted by molar-refractivity contribution is 7.89. The van der Waals surface area contributed by atoms with Crippen LogP contribution in [0.3, 0.4) is 0 Å². The van der Waals surface area contributed by atoms with Gasteiger partial charge >= 0.3 is 5.97 Å². The van der Waals surface area contributed by atoms with E-state index in [1.165, 1.54) is 10.5 Å². The van der Waals surface area contributed by atoms with Crippen molar-refractivity contribution >= 4 is 16.0 Å². The molecule has 0 bridgehead atoms. The number of aromatic nitrogens is 2. The molecule has 1 aliphatic heterocycles. The fourth-order valence-electron chi connectivity index (χ4n) is 2.59. The van der Waals surface area contributed by atoms with Crippen LogP contribution in [0.15, 0.2) is 11.2 Å². The lowest BCUT2D eigenvalue weighted by molar-refractivity contribution is -0.151. The predicted octanol–water partition coefficient (Wildman–Crippen LogP) is 1.23. The van der Waals surface area contributed by atoms with E-state index in [2.05, 4.69) is 9.97 Å². The van der Waals surface area contributed by atoms with Gasteiger partial charge in [-0.25, -0.2) is 13.4 Å². The Hall–Kier alpha value is -1.41. The fraction of sp³-hybridized carbons (Fsp3) is 0.692. The molecule has 0 amide bonds. The summed E-state index contributed by atoms with van der Waals surface area (Å²) in [5, 5.41) is 9.38. The summed E-state index contributed by atoms with van der Waals surface area (Å²) in [5.74, 6) is -0.570. The molecule has 2 heterocycles. The van der Waals surface area contributed by atoms with Gasteiger partial charge in [0.1, 0.15) is 5.82 Å². The van der Waals surface area contributed by atoms with E-state index in [-0.39, 0.29) is 17.5 Å². The van der Waals surface area contributed by atoms with Crippen LogP contribution in [0.4, 0.5) is 0 Å². The highest BCUT2D eigenvalue weighted by Gasteiger charge is 2.42. The van der Waals surface area contributed by atoms with Gasteiger partial charge in [0.15, 0.2) is 5.03 Å². The van der Waals surface area contributed by atoms with E-state index in [9.17, 15) is 18.3 Å². The van der Waals surface area contributed by atoms with Crippen molar-refractivity contribution in [3.8, 4) is 0 Å². The number of nitrogens with zero attached hydrogens (tertiary/aromatic N) is 2. The van der Waals surface area contributed by atoms with E-state index in [0.29, 0.717) is 25.2 Å². The fourth-order valence-corrected chi connectivity index (χ4v) is 4.08. The summed E-state index contributed by atoms with van der Waals surface area (Å²) in [5.41, 5.74) is -0.946. The molecule has 0 aliphatic carbocycles. The zero-order valence-corrected chi connectivity index (χ0v) is 13.3. The number of aliphatic carboxylic acids is 1. The lowest BCUT2D eigenvalue weighted by Crippen LogP contribution is -2.46. The summed E-state index contributed by atoms with van der Waals surface area (Å²) in [6.07, 6.45) is 2.68. The minimum atomic E-state index is -3.64. The lowest BCUT2D eigenvalue weighted by atomic mass is 9.75. The summed E-state index contributed by atoms with van der Waals surface area (Å²) in [4.78, 5) is 18.0. The minimum Gasteiger partial charge on any atom is -0.481 e. The van der Waals surface area contributed by atoms with E-state index in [1.807, 2.05) is 0 Å². The van der Waals surface area contributed by atoms with Gasteiger partial charge in [0.25, 0.3) is 10.0 Å². The van der Waals surface area contributed by atoms with Crippen LogP contribution in [0, 0.1) is 18.3 Å². The Bertz CT molecular complexity index is 636. The predicted molar refractivity (Wildman–Crippen MR) is 76.2 cm³/mol. The van der Waals surface area contributed by atoms with Gasteiger partial charge in [-0.1, -0.05) is 0 Å². The largest absolute Gasteiger partial charge is 0.481 e. The maximum Gasteiger partial charge on any atom is 0.309 e. The van der Waals surface area contributed by atoms with Crippen LogP contribution in [0.5, 0.6) is 0 Å². The smallest absolute Gasteiger partial charge is 0.309 e. The Morgan fingerprint density at radius 1 is 1.52 bits per heavy atom. The van der Waals surface area contributed by atoms with Gasteiger partial charge in [-0.05, 0) is 39.5 Å². The highest BCUT2D eigenvalue weighted by atomic mass is 32.2. The number of hydrogen-bond donors (Lipinski definition) is 2. The normalized spacial score (nSPS) is 21.4. The summed E-state index contributed by atoms with van der Waals surface area (Å²) in [7, 11) is -3.64. The van der Waals surface area contributed by atoms with Gasteiger partial charge in [-0.3, -0.25) is 4.79 Å². The maximum atomic E-state index is 12.6. The number of sulfonamides is 1. The van der Waals surface area contributed by atoms with Crippen molar-refractivity contribution in [3.63, 3.8) is 0 Å². The third kappa shape index (κ3) is 2.96. The lowest BCUT2D eigenvalue weighted by Gasteiger charge is -2.38. The molecule has 8 heteroatoms. The molecule has 0 aromatic carbocycles. The van der Waals surface area contributed by atoms with Crippen LogP contribution in [0.25, 0.3) is 0 Å². The van der Waals surface area contributed by atoms with Gasteiger partial charge in [0, 0.05) is 13.1 Å². The molecule has 2 N–H and O–H groups in total. The third-order valence-electron chi connectivity index (χ3n) is 4.25. The van der Waals surface area contributed by atoms with E-state index in [4.69, 9.17) is 0 Å². The molecule has 7 nitrogen and oxygen atoms in total. The average molecular weight is 315 g/mol. The van der Waals surface area contributed by atoms with Gasteiger partial charge in [0.2, 0.25) is 0 Å². The number of aromatic amines is 1. The van der Waals surface area contributed by atoms with Crippen molar-refractivity contribution in [2.75, 3.05) is 13.1 Å². The number of carboxylic acids is 1. The number of carboxylic acid groups (broad SMARTS) is 1. The molecule has 1 aliphatic rings. The maximum absolute atomic E-state index is 12.6. The van der Waals surface area contributed by atoms with Crippen molar-refractivity contribution in [1.82, 2.24) is 14.3 Å². The topological polar surface area (TPSA) is 103 Å². The van der Waals surface area contributed by atoms with Gasteiger partial charge in [0.05, 0.1) is 11.6 Å². The summed E-state index contributed by atoms with van der Waals surface area (Å²) in [6.45, 7) is 5.62. The molecule has 2 rings (SSSR count). The number of H-pyrrole nitrogens is 1. The van der Waals surface area contributed by atoms with E-state index >= 15 is 0 Å². The molecule has 0 spiro atoms. The first-order chi connectivity index (χ1) is 9.65. The third-order valence-corrected chi connectivity index (χ3v) is 6.03. The number of carbonyl (C=O) groups is 1. The molecular formula is C13H21N3O4S. The molecule has 0 radical (unpaired) electrons. The highest BCUT2D eigenvalue weighted by Crippen LogP contribution is 2.35. The van der Waals surface area contributed by atoms with E-state index in [0.717, 1.165) is 0 Å². The van der Waals surface area contributed by atoms with Crippen molar-refractivity contribution in [2.24, 2.45) is 11.3 Å². The monoisotopic (exact) mass is 315 g/mol. The Morgan fingerprint density at radius 2 is 2.19 bits per heavy atom. The molecule has 1 atom stereocenters. The van der Waals surface area contributed by atoms with E-state index < -0.39 is 21.4 Å². The zero-order chi connectivity index (χ0) is 15.8. The first-order valence-electron chi connectivity index (χ1n) is 6.91. The Kier molecular flexibility index (Phi) is 4.12. The number of imidazole rings is 1. The Morgan fingerprint density at radius 3 is 2.71 bits per heavy atom. The molecule has 1 aromatic rings. The molecule has 0 saturated carbocycles. The average Bonchev–Trinajstić information content (AvgIpc) is 2.86. The molecule has 1 unspecified atom stereocenters. The van der Waals surface area contributed by atoms with Crippen LogP contribution in [-0.2, 0) is 14.8 Å². The molecule has 118 valence electrons. The molecule has 1 saturated heterocycles. The number of nitrogens with one attached hydrogen (secondary N) is 1. The number of hydrogen-bond acceptors (Lipinski definition) is 4. The molecule has 1 fully saturated rings. The van der Waals surface area contributed by atoms with Crippen LogP contribution in [0.2, 0.25) is 0 Å². The van der Waals surface area contributed by atoms with Crippen LogP contribution < -0.4 is 0 Å². The Labute approximate surface area is 124 Å². The van der Waals surface area contributed by atoms with E-state index in [1.54, 1.807) is 20.8 Å². The van der Waals surface area contributed by atoms with Crippen molar-refractivity contribution in [2.45, 2.75) is 38.6 Å². The second-order valence-corrected chi connectivity index (χ2v) is 7.97. The van der Waals surface area contributed by atoms with Crippen molar-refractivity contribution in [3.05, 3.63) is 12.0 Å². The minimum absolute atomic E-state index is 0.0637. The second-order valence-electron chi connectivity index (χ2n) is 6.06. The first-order valence-corrected chi connectivity index (χ1v) is 8.35. The molecule has 1 aromatic heterocycles. The van der Waals surface area contributed by atoms with Gasteiger partial charge in [-0.15, -0.1) is 0 Å². The Balaban J connectivity index is 2.24. The quantitative estimate of drug-likeness (QED) is 0.869. The second kappa shape index (κ2) is 5.42. The first kappa shape index (κ1) is 16.0. The summed E-state index contributed by atoms with van der Waals surface area (Å²) in [6, 6.07) is 0. The van der Waals surface area contributed by atoms with Crippen LogP contribution in [-0.4, -0.2) is 46.9 Å². The van der Waals surface area contributed by atoms with Crippen LogP contribution >= 0.6 is 0 Å². The summed E-state index contributed by atoms with van der Waals surface area (Å²) < 4.78 is 26.5. The molecular weight excluding hydrogens is 294 g/mol. The summed E-state index contributed by atoms with van der Waals surface area (Å²) >= 11 is 0. The number of piperidine rings is 1. The standard InChI is InChI=1S/C13H21N3O4S/c1-9-14-7-11(15-9)21(19,20)16-6-4-5-10(8-16)13(2,3)12(17)18/h7,10H,4-6,8H2,1-3H3,(H,14,15)(H,17,18). The number of rotatable bonds is 4. The van der Waals surface area contributed by atoms with Crippen molar-refractivity contribution in [1.29, 1.82) is 0 Å². The van der Waals surface area contributed by atoms with Crippen LogP contribution in [0.1, 0.15) is 32.5 Å². The molecule has 21 heavy (non-hydrogen) atoms. The SMILES string of the molecule is Cc1ncc(S(=O)(=O)N2CCCC(C(C)(C)C(=O)O)C2)[nH]1.